The van der Waals surface area contributed by atoms with Crippen LogP contribution in [0.5, 0.6) is 0 Å². The van der Waals surface area contributed by atoms with Crippen LogP contribution in [-0.4, -0.2) is 37.6 Å². The maximum Gasteiger partial charge on any atom is -0.000778 e. The Kier molecular flexibility index (Phi) is 5.11. The second-order valence-corrected chi connectivity index (χ2v) is 5.74. The molecule has 2 heteroatoms. The van der Waals surface area contributed by atoms with Crippen molar-refractivity contribution in [3.8, 4) is 0 Å². The largest absolute Gasteiger partial charge is 0.316 e. The van der Waals surface area contributed by atoms with E-state index in [1.54, 1.807) is 0 Å². The van der Waals surface area contributed by atoms with Gasteiger partial charge in [0.05, 0.1) is 0 Å². The van der Waals surface area contributed by atoms with Crippen LogP contribution in [0, 0.1) is 11.8 Å². The van der Waals surface area contributed by atoms with Crippen molar-refractivity contribution in [2.24, 2.45) is 11.8 Å². The number of hydrogen-bond donors (Lipinski definition) is 1. The second-order valence-electron chi connectivity index (χ2n) is 5.74. The van der Waals surface area contributed by atoms with E-state index >= 15 is 0 Å². The van der Waals surface area contributed by atoms with E-state index in [1.165, 1.54) is 71.2 Å². The number of likely N-dealkylation sites (tertiary alicyclic amines) is 1. The van der Waals surface area contributed by atoms with Crippen LogP contribution < -0.4 is 5.32 Å². The van der Waals surface area contributed by atoms with Gasteiger partial charge in [0.15, 0.2) is 0 Å². The van der Waals surface area contributed by atoms with Crippen molar-refractivity contribution in [1.82, 2.24) is 10.2 Å². The molecule has 0 aromatic heterocycles. The highest BCUT2D eigenvalue weighted by molar-refractivity contribution is 4.77. The van der Waals surface area contributed by atoms with Crippen LogP contribution in [0.15, 0.2) is 0 Å². The molecule has 2 saturated heterocycles. The molecule has 0 aliphatic carbocycles. The Balaban J connectivity index is 1.62. The van der Waals surface area contributed by atoms with Gasteiger partial charge in [-0.15, -0.1) is 0 Å². The Labute approximate surface area is 101 Å². The monoisotopic (exact) mass is 224 g/mol. The molecule has 1 unspecified atom stereocenters. The van der Waals surface area contributed by atoms with Crippen LogP contribution >= 0.6 is 0 Å². The van der Waals surface area contributed by atoms with Crippen molar-refractivity contribution < 1.29 is 0 Å². The SMILES string of the molecule is CCCC1CCCN(CCC2CNC2)CC1. The average molecular weight is 224 g/mol. The van der Waals surface area contributed by atoms with Crippen molar-refractivity contribution in [1.29, 1.82) is 0 Å². The van der Waals surface area contributed by atoms with Crippen LogP contribution in [0.1, 0.15) is 45.4 Å². The fourth-order valence-corrected chi connectivity index (χ4v) is 3.06. The quantitative estimate of drug-likeness (QED) is 0.772. The third kappa shape index (κ3) is 3.74. The van der Waals surface area contributed by atoms with E-state index < -0.39 is 0 Å². The first-order chi connectivity index (χ1) is 7.88. The lowest BCUT2D eigenvalue weighted by molar-refractivity contribution is 0.229. The van der Waals surface area contributed by atoms with E-state index in [1.807, 2.05) is 0 Å². The van der Waals surface area contributed by atoms with Crippen molar-refractivity contribution in [2.45, 2.75) is 45.4 Å². The molecule has 2 rings (SSSR count). The van der Waals surface area contributed by atoms with E-state index in [2.05, 4.69) is 17.1 Å². The van der Waals surface area contributed by atoms with Crippen LogP contribution in [-0.2, 0) is 0 Å². The minimum atomic E-state index is 0.981. The lowest BCUT2D eigenvalue weighted by atomic mass is 9.96. The first kappa shape index (κ1) is 12.4. The fourth-order valence-electron chi connectivity index (χ4n) is 3.06. The summed E-state index contributed by atoms with van der Waals surface area (Å²) in [6.07, 6.45) is 8.63. The normalized spacial score (nSPS) is 28.7. The molecule has 0 radical (unpaired) electrons. The third-order valence-corrected chi connectivity index (χ3v) is 4.36. The van der Waals surface area contributed by atoms with Gasteiger partial charge in [-0.1, -0.05) is 19.8 Å². The molecular weight excluding hydrogens is 196 g/mol. The molecule has 0 saturated carbocycles. The Morgan fingerprint density at radius 1 is 1.06 bits per heavy atom. The first-order valence-corrected chi connectivity index (χ1v) is 7.31. The third-order valence-electron chi connectivity index (χ3n) is 4.36. The molecule has 16 heavy (non-hydrogen) atoms. The zero-order valence-corrected chi connectivity index (χ0v) is 10.9. The average Bonchev–Trinajstić information content (AvgIpc) is 2.42. The summed E-state index contributed by atoms with van der Waals surface area (Å²) in [5.41, 5.74) is 0. The van der Waals surface area contributed by atoms with E-state index in [9.17, 15) is 0 Å². The predicted octanol–water partition coefficient (Wildman–Crippen LogP) is 2.50. The van der Waals surface area contributed by atoms with Gasteiger partial charge in [0.2, 0.25) is 0 Å². The molecule has 2 heterocycles. The van der Waals surface area contributed by atoms with Gasteiger partial charge in [0, 0.05) is 0 Å². The number of rotatable bonds is 5. The lowest BCUT2D eigenvalue weighted by Crippen LogP contribution is -2.43. The summed E-state index contributed by atoms with van der Waals surface area (Å²) in [4.78, 5) is 2.72. The molecule has 0 aromatic rings. The van der Waals surface area contributed by atoms with E-state index in [4.69, 9.17) is 0 Å². The van der Waals surface area contributed by atoms with Gasteiger partial charge in [-0.2, -0.15) is 0 Å². The fraction of sp³-hybridized carbons (Fsp3) is 1.00. The van der Waals surface area contributed by atoms with Crippen LogP contribution in [0.2, 0.25) is 0 Å². The standard InChI is InChI=1S/C14H28N2/c1-2-4-13-5-3-8-16(9-6-13)10-7-14-11-15-12-14/h13-15H,2-12H2,1H3. The van der Waals surface area contributed by atoms with Gasteiger partial charge in [0.1, 0.15) is 0 Å². The summed E-state index contributed by atoms with van der Waals surface area (Å²) in [7, 11) is 0. The van der Waals surface area contributed by atoms with Gasteiger partial charge in [0.25, 0.3) is 0 Å². The van der Waals surface area contributed by atoms with E-state index in [0.717, 1.165) is 11.8 Å². The van der Waals surface area contributed by atoms with Crippen molar-refractivity contribution in [2.75, 3.05) is 32.7 Å². The molecule has 0 amide bonds. The van der Waals surface area contributed by atoms with E-state index in [-0.39, 0.29) is 0 Å². The van der Waals surface area contributed by atoms with E-state index in [0.29, 0.717) is 0 Å². The maximum absolute atomic E-state index is 3.37. The van der Waals surface area contributed by atoms with Crippen molar-refractivity contribution in [3.05, 3.63) is 0 Å². The molecule has 94 valence electrons. The zero-order valence-electron chi connectivity index (χ0n) is 10.9. The Morgan fingerprint density at radius 3 is 2.62 bits per heavy atom. The molecule has 2 aliphatic heterocycles. The molecule has 0 bridgehead atoms. The predicted molar refractivity (Wildman–Crippen MR) is 69.7 cm³/mol. The van der Waals surface area contributed by atoms with Crippen molar-refractivity contribution >= 4 is 0 Å². The van der Waals surface area contributed by atoms with Crippen LogP contribution in [0.3, 0.4) is 0 Å². The molecule has 1 N–H and O–H groups in total. The van der Waals surface area contributed by atoms with Crippen LogP contribution in [0.4, 0.5) is 0 Å². The maximum atomic E-state index is 3.37. The second kappa shape index (κ2) is 6.61. The van der Waals surface area contributed by atoms with Gasteiger partial charge >= 0.3 is 0 Å². The molecule has 1 atom stereocenters. The summed E-state index contributed by atoms with van der Waals surface area (Å²) < 4.78 is 0. The highest BCUT2D eigenvalue weighted by Crippen LogP contribution is 2.22. The highest BCUT2D eigenvalue weighted by atomic mass is 15.1. The van der Waals surface area contributed by atoms with Gasteiger partial charge < -0.3 is 10.2 Å². The first-order valence-electron chi connectivity index (χ1n) is 7.31. The summed E-state index contributed by atoms with van der Waals surface area (Å²) in [5.74, 6) is 2.01. The molecule has 2 nitrogen and oxygen atoms in total. The van der Waals surface area contributed by atoms with Crippen molar-refractivity contribution in [3.63, 3.8) is 0 Å². The Morgan fingerprint density at radius 2 is 1.94 bits per heavy atom. The summed E-state index contributed by atoms with van der Waals surface area (Å²) in [6, 6.07) is 0. The zero-order chi connectivity index (χ0) is 11.2. The number of hydrogen-bond acceptors (Lipinski definition) is 2. The van der Waals surface area contributed by atoms with Gasteiger partial charge in [-0.25, -0.2) is 0 Å². The lowest BCUT2D eigenvalue weighted by Gasteiger charge is -2.30. The Hall–Kier alpha value is -0.0800. The minimum absolute atomic E-state index is 0.981. The minimum Gasteiger partial charge on any atom is -0.316 e. The van der Waals surface area contributed by atoms with Gasteiger partial charge in [-0.3, -0.25) is 0 Å². The molecule has 0 aromatic carbocycles. The Bertz CT molecular complexity index is 189. The summed E-state index contributed by atoms with van der Waals surface area (Å²) >= 11 is 0. The number of nitrogens with zero attached hydrogens (tertiary/aromatic N) is 1. The molecule has 2 aliphatic rings. The molecular formula is C14H28N2. The smallest absolute Gasteiger partial charge is 0.000778 e. The van der Waals surface area contributed by atoms with Gasteiger partial charge in [-0.05, 0) is 70.2 Å². The number of nitrogens with one attached hydrogen (secondary N) is 1. The summed E-state index contributed by atoms with van der Waals surface area (Å²) in [5, 5.41) is 3.37. The summed E-state index contributed by atoms with van der Waals surface area (Å²) in [6.45, 7) is 8.95. The highest BCUT2D eigenvalue weighted by Gasteiger charge is 2.20. The topological polar surface area (TPSA) is 15.3 Å². The van der Waals surface area contributed by atoms with Crippen LogP contribution in [0.25, 0.3) is 0 Å². The molecule has 0 spiro atoms. The molecule has 2 fully saturated rings.